The smallest absolute Gasteiger partial charge is 0.224 e. The molecule has 1 saturated heterocycles. The van der Waals surface area contributed by atoms with Crippen LogP contribution in [0.25, 0.3) is 21.7 Å². The molecule has 1 N–H and O–H groups in total. The third-order valence-electron chi connectivity index (χ3n) is 5.26. The molecule has 2 aromatic carbocycles. The van der Waals surface area contributed by atoms with Crippen LogP contribution in [0.1, 0.15) is 19.4 Å². The molecule has 4 rings (SSSR count). The zero-order chi connectivity index (χ0) is 19.5. The van der Waals surface area contributed by atoms with Crippen molar-refractivity contribution in [2.75, 3.05) is 32.8 Å². The first-order chi connectivity index (χ1) is 13.6. The molecule has 1 amide bonds. The van der Waals surface area contributed by atoms with Gasteiger partial charge in [0, 0.05) is 37.1 Å². The minimum Gasteiger partial charge on any atom is -0.464 e. The first-order valence-electron chi connectivity index (χ1n) is 10.1. The summed E-state index contributed by atoms with van der Waals surface area (Å²) < 4.78 is 11.5. The third-order valence-corrected chi connectivity index (χ3v) is 5.26. The highest BCUT2D eigenvalue weighted by Crippen LogP contribution is 2.30. The Hall–Kier alpha value is -2.37. The molecule has 1 fully saturated rings. The Morgan fingerprint density at radius 1 is 1.25 bits per heavy atom. The second-order valence-electron chi connectivity index (χ2n) is 8.05. The molecule has 0 aliphatic carbocycles. The van der Waals surface area contributed by atoms with E-state index >= 15 is 0 Å². The van der Waals surface area contributed by atoms with Gasteiger partial charge in [0.1, 0.15) is 5.58 Å². The van der Waals surface area contributed by atoms with Gasteiger partial charge in [-0.15, -0.1) is 0 Å². The number of rotatable bonds is 6. The van der Waals surface area contributed by atoms with E-state index in [1.165, 1.54) is 0 Å². The molecule has 1 aromatic heterocycles. The number of furan rings is 1. The van der Waals surface area contributed by atoms with Crippen molar-refractivity contribution in [2.45, 2.75) is 26.4 Å². The molecule has 3 aromatic rings. The third kappa shape index (κ3) is 4.21. The Labute approximate surface area is 165 Å². The van der Waals surface area contributed by atoms with E-state index in [0.717, 1.165) is 53.5 Å². The standard InChI is InChI=1S/C23H28N2O3/c1-16(2)13-25-9-10-27-19(14-25)12-24-22(26)11-18-15-28-21-8-7-17-5-3-4-6-20(17)23(18)21/h3-8,15-16,19H,9-14H2,1-2H3,(H,24,26)/t19-/m1/s1. The second-order valence-corrected chi connectivity index (χ2v) is 8.05. The molecule has 148 valence electrons. The summed E-state index contributed by atoms with van der Waals surface area (Å²) in [5.74, 6) is 0.637. The molecule has 5 nitrogen and oxygen atoms in total. The van der Waals surface area contributed by atoms with Crippen molar-refractivity contribution >= 4 is 27.6 Å². The summed E-state index contributed by atoms with van der Waals surface area (Å²) in [6.07, 6.45) is 2.07. The summed E-state index contributed by atoms with van der Waals surface area (Å²) in [5, 5.41) is 6.35. The highest BCUT2D eigenvalue weighted by Gasteiger charge is 2.22. The molecule has 1 aliphatic heterocycles. The summed E-state index contributed by atoms with van der Waals surface area (Å²) in [6.45, 7) is 8.64. The number of nitrogens with zero attached hydrogens (tertiary/aromatic N) is 1. The topological polar surface area (TPSA) is 54.7 Å². The average Bonchev–Trinajstić information content (AvgIpc) is 3.09. The Kier molecular flexibility index (Phi) is 5.64. The maximum absolute atomic E-state index is 12.6. The largest absolute Gasteiger partial charge is 0.464 e. The summed E-state index contributed by atoms with van der Waals surface area (Å²) in [4.78, 5) is 15.0. The summed E-state index contributed by atoms with van der Waals surface area (Å²) >= 11 is 0. The fourth-order valence-corrected chi connectivity index (χ4v) is 4.05. The lowest BCUT2D eigenvalue weighted by molar-refractivity contribution is -0.121. The van der Waals surface area contributed by atoms with E-state index in [0.29, 0.717) is 18.9 Å². The number of nitrogens with one attached hydrogen (secondary N) is 1. The Morgan fingerprint density at radius 2 is 2.11 bits per heavy atom. The van der Waals surface area contributed by atoms with E-state index in [2.05, 4.69) is 36.2 Å². The number of carbonyl (C=O) groups is 1. The van der Waals surface area contributed by atoms with E-state index in [4.69, 9.17) is 9.15 Å². The van der Waals surface area contributed by atoms with Crippen molar-refractivity contribution in [2.24, 2.45) is 5.92 Å². The van der Waals surface area contributed by atoms with Gasteiger partial charge in [0.15, 0.2) is 0 Å². The average molecular weight is 380 g/mol. The molecule has 1 atom stereocenters. The zero-order valence-corrected chi connectivity index (χ0v) is 16.6. The molecule has 1 aliphatic rings. The molecule has 0 spiro atoms. The Morgan fingerprint density at radius 3 is 2.96 bits per heavy atom. The number of hydrogen-bond donors (Lipinski definition) is 1. The van der Waals surface area contributed by atoms with Crippen LogP contribution in [0.5, 0.6) is 0 Å². The first-order valence-corrected chi connectivity index (χ1v) is 10.1. The van der Waals surface area contributed by atoms with E-state index in [9.17, 15) is 4.79 Å². The monoisotopic (exact) mass is 380 g/mol. The number of carbonyl (C=O) groups excluding carboxylic acids is 1. The number of benzene rings is 2. The predicted molar refractivity (Wildman–Crippen MR) is 111 cm³/mol. The number of ether oxygens (including phenoxy) is 1. The maximum Gasteiger partial charge on any atom is 0.224 e. The first kappa shape index (κ1) is 19.0. The highest BCUT2D eigenvalue weighted by molar-refractivity contribution is 6.08. The van der Waals surface area contributed by atoms with Crippen LogP contribution in [-0.4, -0.2) is 49.7 Å². The van der Waals surface area contributed by atoms with Crippen molar-refractivity contribution in [1.82, 2.24) is 10.2 Å². The number of hydrogen-bond acceptors (Lipinski definition) is 4. The van der Waals surface area contributed by atoms with Crippen LogP contribution in [0.4, 0.5) is 0 Å². The van der Waals surface area contributed by atoms with Gasteiger partial charge >= 0.3 is 0 Å². The molecule has 0 radical (unpaired) electrons. The van der Waals surface area contributed by atoms with Crippen LogP contribution in [0, 0.1) is 5.92 Å². The number of morpholine rings is 1. The van der Waals surface area contributed by atoms with Gasteiger partial charge in [-0.3, -0.25) is 9.69 Å². The molecular weight excluding hydrogens is 352 g/mol. The molecule has 0 unspecified atom stereocenters. The van der Waals surface area contributed by atoms with Crippen LogP contribution in [-0.2, 0) is 16.0 Å². The Bertz CT molecular complexity index is 963. The normalized spacial score (nSPS) is 18.2. The van der Waals surface area contributed by atoms with E-state index in [1.54, 1.807) is 6.26 Å². The number of amides is 1. The van der Waals surface area contributed by atoms with Gasteiger partial charge in [-0.05, 0) is 22.8 Å². The molecule has 0 bridgehead atoms. The van der Waals surface area contributed by atoms with Gasteiger partial charge in [0.25, 0.3) is 0 Å². The van der Waals surface area contributed by atoms with Gasteiger partial charge in [-0.1, -0.05) is 44.2 Å². The molecule has 0 saturated carbocycles. The molecule has 28 heavy (non-hydrogen) atoms. The van der Waals surface area contributed by atoms with E-state index < -0.39 is 0 Å². The summed E-state index contributed by atoms with van der Waals surface area (Å²) in [7, 11) is 0. The predicted octanol–water partition coefficient (Wildman–Crippen LogP) is 3.60. The molecule has 2 heterocycles. The molecular formula is C23H28N2O3. The van der Waals surface area contributed by atoms with Crippen molar-refractivity contribution in [3.05, 3.63) is 48.2 Å². The number of fused-ring (bicyclic) bond motifs is 3. The van der Waals surface area contributed by atoms with Crippen molar-refractivity contribution in [3.63, 3.8) is 0 Å². The van der Waals surface area contributed by atoms with Gasteiger partial charge in [-0.25, -0.2) is 0 Å². The van der Waals surface area contributed by atoms with Crippen LogP contribution >= 0.6 is 0 Å². The fourth-order valence-electron chi connectivity index (χ4n) is 4.05. The van der Waals surface area contributed by atoms with Crippen molar-refractivity contribution in [3.8, 4) is 0 Å². The van der Waals surface area contributed by atoms with Crippen LogP contribution in [0.3, 0.4) is 0 Å². The SMILES string of the molecule is CC(C)CN1CCO[C@H](CNC(=O)Cc2coc3ccc4ccccc4c23)C1. The van der Waals surface area contributed by atoms with E-state index in [-0.39, 0.29) is 12.0 Å². The van der Waals surface area contributed by atoms with Crippen molar-refractivity contribution in [1.29, 1.82) is 0 Å². The van der Waals surface area contributed by atoms with Gasteiger partial charge < -0.3 is 14.5 Å². The fraction of sp³-hybridized carbons (Fsp3) is 0.435. The van der Waals surface area contributed by atoms with Crippen LogP contribution in [0.2, 0.25) is 0 Å². The van der Waals surface area contributed by atoms with Gasteiger partial charge in [-0.2, -0.15) is 0 Å². The lowest BCUT2D eigenvalue weighted by Crippen LogP contribution is -2.48. The quantitative estimate of drug-likeness (QED) is 0.710. The van der Waals surface area contributed by atoms with Crippen molar-refractivity contribution < 1.29 is 13.9 Å². The molecule has 5 heteroatoms. The zero-order valence-electron chi connectivity index (χ0n) is 16.6. The minimum atomic E-state index is 0.000201. The Balaban J connectivity index is 1.40. The van der Waals surface area contributed by atoms with Crippen LogP contribution in [0.15, 0.2) is 47.1 Å². The van der Waals surface area contributed by atoms with Crippen LogP contribution < -0.4 is 5.32 Å². The van der Waals surface area contributed by atoms with Gasteiger partial charge in [0.2, 0.25) is 5.91 Å². The second kappa shape index (κ2) is 8.33. The lowest BCUT2D eigenvalue weighted by atomic mass is 10.0. The summed E-state index contributed by atoms with van der Waals surface area (Å²) in [6, 6.07) is 12.2. The van der Waals surface area contributed by atoms with Gasteiger partial charge in [0.05, 0.1) is 25.4 Å². The maximum atomic E-state index is 12.6. The minimum absolute atomic E-state index is 0.000201. The summed E-state index contributed by atoms with van der Waals surface area (Å²) in [5.41, 5.74) is 1.75. The lowest BCUT2D eigenvalue weighted by Gasteiger charge is -2.33. The highest BCUT2D eigenvalue weighted by atomic mass is 16.5. The van der Waals surface area contributed by atoms with E-state index in [1.807, 2.05) is 24.3 Å².